The van der Waals surface area contributed by atoms with Gasteiger partial charge in [-0.2, -0.15) is 0 Å². The van der Waals surface area contributed by atoms with Gasteiger partial charge in [-0.3, -0.25) is 13.9 Å². The Bertz CT molecular complexity index is 1350. The van der Waals surface area contributed by atoms with Gasteiger partial charge in [-0.15, -0.1) is 0 Å². The Morgan fingerprint density at radius 1 is 0.921 bits per heavy atom. The monoisotopic (exact) mass is 539 g/mol. The number of sulfonamides is 1. The minimum atomic E-state index is -4.31. The summed E-state index contributed by atoms with van der Waals surface area (Å²) in [5.74, 6) is -1.78. The van der Waals surface area contributed by atoms with E-state index in [1.54, 1.807) is 25.1 Å². The number of nitrogens with zero attached hydrogens (tertiary/aromatic N) is 2. The molecule has 0 aliphatic rings. The number of hydrogen-bond donors (Lipinski definition) is 1. The topological polar surface area (TPSA) is 86.8 Å². The molecule has 3 aromatic carbocycles. The molecule has 3 rings (SSSR count). The summed E-state index contributed by atoms with van der Waals surface area (Å²) in [5, 5.41) is 2.89. The molecule has 0 saturated carbocycles. The Balaban J connectivity index is 2.02. The maximum absolute atomic E-state index is 14.9. The number of para-hydroxylation sites is 1. The molecule has 2 amide bonds. The highest BCUT2D eigenvalue weighted by atomic mass is 32.2. The smallest absolute Gasteiger partial charge is 0.264 e. The summed E-state index contributed by atoms with van der Waals surface area (Å²) >= 11 is 0. The quantitative estimate of drug-likeness (QED) is 0.384. The second kappa shape index (κ2) is 12.7. The lowest BCUT2D eigenvalue weighted by atomic mass is 10.1. The standard InChI is InChI=1S/C29H34FN3O4S/c1-5-22(3)31-29(35)23(4)32(19-24-17-15-21(2)16-18-24)28(34)20-33(27-14-10-9-13-26(27)30)38(36,37)25-11-7-6-8-12-25/h6-18,22-23H,5,19-20H2,1-4H3,(H,31,35). The van der Waals surface area contributed by atoms with Gasteiger partial charge >= 0.3 is 0 Å². The zero-order valence-electron chi connectivity index (χ0n) is 22.1. The van der Waals surface area contributed by atoms with Crippen molar-refractivity contribution in [3.05, 3.63) is 95.8 Å². The van der Waals surface area contributed by atoms with E-state index in [1.165, 1.54) is 35.2 Å². The summed E-state index contributed by atoms with van der Waals surface area (Å²) in [6, 6.07) is 19.4. The van der Waals surface area contributed by atoms with Crippen molar-refractivity contribution in [2.75, 3.05) is 10.8 Å². The van der Waals surface area contributed by atoms with Crippen molar-refractivity contribution in [2.24, 2.45) is 0 Å². The van der Waals surface area contributed by atoms with Crippen LogP contribution in [-0.4, -0.2) is 43.8 Å². The number of nitrogens with one attached hydrogen (secondary N) is 1. The molecule has 0 aliphatic carbocycles. The van der Waals surface area contributed by atoms with Gasteiger partial charge in [0.25, 0.3) is 10.0 Å². The van der Waals surface area contributed by atoms with Gasteiger partial charge in [0.05, 0.1) is 10.6 Å². The molecule has 0 aromatic heterocycles. The fourth-order valence-electron chi connectivity index (χ4n) is 3.83. The van der Waals surface area contributed by atoms with Crippen LogP contribution >= 0.6 is 0 Å². The third-order valence-electron chi connectivity index (χ3n) is 6.37. The lowest BCUT2D eigenvalue weighted by Crippen LogP contribution is -2.52. The summed E-state index contributed by atoms with van der Waals surface area (Å²) in [6.45, 7) is 6.73. The second-order valence-electron chi connectivity index (χ2n) is 9.28. The number of benzene rings is 3. The SMILES string of the molecule is CCC(C)NC(=O)C(C)N(Cc1ccc(C)cc1)C(=O)CN(c1ccccc1F)S(=O)(=O)c1ccccc1. The van der Waals surface area contributed by atoms with E-state index in [4.69, 9.17) is 0 Å². The minimum Gasteiger partial charge on any atom is -0.352 e. The van der Waals surface area contributed by atoms with Crippen molar-refractivity contribution >= 4 is 27.5 Å². The van der Waals surface area contributed by atoms with E-state index in [-0.39, 0.29) is 29.1 Å². The van der Waals surface area contributed by atoms with Crippen LogP contribution in [0.15, 0.2) is 83.8 Å². The van der Waals surface area contributed by atoms with Crippen molar-refractivity contribution in [3.63, 3.8) is 0 Å². The van der Waals surface area contributed by atoms with Gasteiger partial charge in [-0.05, 0) is 57.0 Å². The van der Waals surface area contributed by atoms with E-state index < -0.39 is 34.3 Å². The summed E-state index contributed by atoms with van der Waals surface area (Å²) < 4.78 is 42.9. The Hall–Kier alpha value is -3.72. The zero-order valence-corrected chi connectivity index (χ0v) is 22.9. The number of amides is 2. The normalized spacial score (nSPS) is 12.9. The molecule has 0 spiro atoms. The maximum atomic E-state index is 14.9. The summed E-state index contributed by atoms with van der Waals surface area (Å²) in [6.07, 6.45) is 0.709. The van der Waals surface area contributed by atoms with E-state index in [1.807, 2.05) is 45.0 Å². The molecule has 0 radical (unpaired) electrons. The molecular weight excluding hydrogens is 505 g/mol. The number of anilines is 1. The highest BCUT2D eigenvalue weighted by molar-refractivity contribution is 7.92. The fourth-order valence-corrected chi connectivity index (χ4v) is 5.27. The van der Waals surface area contributed by atoms with E-state index in [0.29, 0.717) is 6.42 Å². The maximum Gasteiger partial charge on any atom is 0.264 e. The number of aryl methyl sites for hydroxylation is 1. The number of carbonyl (C=O) groups is 2. The molecule has 0 fully saturated rings. The van der Waals surface area contributed by atoms with Crippen LogP contribution in [0, 0.1) is 12.7 Å². The molecule has 2 unspecified atom stereocenters. The number of rotatable bonds is 11. The van der Waals surface area contributed by atoms with Gasteiger partial charge < -0.3 is 10.2 Å². The van der Waals surface area contributed by atoms with Crippen LogP contribution in [0.3, 0.4) is 0 Å². The lowest BCUT2D eigenvalue weighted by molar-refractivity contribution is -0.139. The summed E-state index contributed by atoms with van der Waals surface area (Å²) in [4.78, 5) is 28.1. The van der Waals surface area contributed by atoms with Crippen molar-refractivity contribution in [2.45, 2.75) is 57.6 Å². The number of halogens is 1. The molecule has 2 atom stereocenters. The average Bonchev–Trinajstić information content (AvgIpc) is 2.91. The van der Waals surface area contributed by atoms with E-state index in [9.17, 15) is 22.4 Å². The third kappa shape index (κ3) is 6.98. The van der Waals surface area contributed by atoms with Gasteiger partial charge in [0.2, 0.25) is 11.8 Å². The van der Waals surface area contributed by atoms with Gasteiger partial charge in [-0.25, -0.2) is 12.8 Å². The Morgan fingerprint density at radius 3 is 2.13 bits per heavy atom. The first-order valence-corrected chi connectivity index (χ1v) is 14.0. The van der Waals surface area contributed by atoms with E-state index in [2.05, 4.69) is 5.32 Å². The summed E-state index contributed by atoms with van der Waals surface area (Å²) in [5.41, 5.74) is 1.56. The van der Waals surface area contributed by atoms with Gasteiger partial charge in [0.1, 0.15) is 18.4 Å². The van der Waals surface area contributed by atoms with Gasteiger partial charge in [0.15, 0.2) is 0 Å². The van der Waals surface area contributed by atoms with Crippen LogP contribution in [0.2, 0.25) is 0 Å². The highest BCUT2D eigenvalue weighted by Gasteiger charge is 2.33. The van der Waals surface area contributed by atoms with Crippen LogP contribution in [0.4, 0.5) is 10.1 Å². The van der Waals surface area contributed by atoms with Crippen LogP contribution in [0.25, 0.3) is 0 Å². The highest BCUT2D eigenvalue weighted by Crippen LogP contribution is 2.27. The van der Waals surface area contributed by atoms with Crippen LogP contribution in [0.1, 0.15) is 38.3 Å². The molecule has 9 heteroatoms. The molecule has 202 valence electrons. The molecule has 1 N–H and O–H groups in total. The van der Waals surface area contributed by atoms with Crippen molar-refractivity contribution in [1.29, 1.82) is 0 Å². The molecule has 0 aliphatic heterocycles. The number of hydrogen-bond acceptors (Lipinski definition) is 4. The zero-order chi connectivity index (χ0) is 27.9. The molecule has 0 bridgehead atoms. The van der Waals surface area contributed by atoms with Crippen LogP contribution in [-0.2, 0) is 26.2 Å². The molecular formula is C29H34FN3O4S. The molecule has 7 nitrogen and oxygen atoms in total. The number of carbonyl (C=O) groups excluding carboxylic acids is 2. The molecule has 3 aromatic rings. The Labute approximate surface area is 224 Å². The van der Waals surface area contributed by atoms with Crippen LogP contribution in [0.5, 0.6) is 0 Å². The first-order chi connectivity index (χ1) is 18.0. The Kier molecular flexibility index (Phi) is 9.63. The van der Waals surface area contributed by atoms with E-state index in [0.717, 1.165) is 21.5 Å². The summed E-state index contributed by atoms with van der Waals surface area (Å²) in [7, 11) is -4.31. The molecule has 0 saturated heterocycles. The molecule has 0 heterocycles. The predicted molar refractivity (Wildman–Crippen MR) is 146 cm³/mol. The predicted octanol–water partition coefficient (Wildman–Crippen LogP) is 4.66. The van der Waals surface area contributed by atoms with Crippen molar-refractivity contribution in [1.82, 2.24) is 10.2 Å². The third-order valence-corrected chi connectivity index (χ3v) is 8.15. The van der Waals surface area contributed by atoms with Crippen molar-refractivity contribution in [3.8, 4) is 0 Å². The largest absolute Gasteiger partial charge is 0.352 e. The second-order valence-corrected chi connectivity index (χ2v) is 11.1. The Morgan fingerprint density at radius 2 is 1.53 bits per heavy atom. The average molecular weight is 540 g/mol. The van der Waals surface area contributed by atoms with Gasteiger partial charge in [0, 0.05) is 12.6 Å². The first kappa shape index (κ1) is 28.8. The minimum absolute atomic E-state index is 0.0741. The van der Waals surface area contributed by atoms with Crippen LogP contribution < -0.4 is 9.62 Å². The van der Waals surface area contributed by atoms with Crippen molar-refractivity contribution < 1.29 is 22.4 Å². The fraction of sp³-hybridized carbons (Fsp3) is 0.310. The lowest BCUT2D eigenvalue weighted by Gasteiger charge is -2.32. The van der Waals surface area contributed by atoms with Gasteiger partial charge in [-0.1, -0.05) is 67.1 Å². The molecule has 38 heavy (non-hydrogen) atoms. The van der Waals surface area contributed by atoms with E-state index >= 15 is 0 Å². The first-order valence-electron chi connectivity index (χ1n) is 12.5.